The van der Waals surface area contributed by atoms with E-state index in [9.17, 15) is 4.79 Å². The number of halogens is 1. The number of ether oxygens (including phenoxy) is 1. The molecule has 1 rings (SSSR count). The van der Waals surface area contributed by atoms with Crippen molar-refractivity contribution in [1.29, 1.82) is 0 Å². The van der Waals surface area contributed by atoms with Crippen LogP contribution in [-0.2, 0) is 11.3 Å². The first-order valence-electron chi connectivity index (χ1n) is 9.29. The Bertz CT molecular complexity index is 618. The zero-order chi connectivity index (χ0) is 19.6. The highest BCUT2D eigenvalue weighted by Crippen LogP contribution is 2.20. The lowest BCUT2D eigenvalue weighted by atomic mass is 9.92. The maximum Gasteiger partial charge on any atom is 0.227 e. The Morgan fingerprint density at radius 3 is 2.48 bits per heavy atom. The Hall–Kier alpha value is -1.51. The number of carbonyl (C=O) groups excluding carboxylic acids is 1. The highest BCUT2D eigenvalue weighted by Gasteiger charge is 2.27. The van der Waals surface area contributed by atoms with Crippen molar-refractivity contribution in [2.45, 2.75) is 47.6 Å². The maximum atomic E-state index is 12.1. The van der Waals surface area contributed by atoms with E-state index in [-0.39, 0.29) is 29.9 Å². The first-order chi connectivity index (χ1) is 12.3. The van der Waals surface area contributed by atoms with Crippen LogP contribution in [0, 0.1) is 12.3 Å². The van der Waals surface area contributed by atoms with Crippen molar-refractivity contribution in [2.24, 2.45) is 10.4 Å². The highest BCUT2D eigenvalue weighted by atomic mass is 127. The number of benzene rings is 1. The third-order valence-corrected chi connectivity index (χ3v) is 4.00. The summed E-state index contributed by atoms with van der Waals surface area (Å²) in [5, 5.41) is 9.39. The molecule has 0 aliphatic rings. The number of amides is 1. The van der Waals surface area contributed by atoms with Crippen LogP contribution in [0.2, 0.25) is 0 Å². The largest absolute Gasteiger partial charge is 0.493 e. The Balaban J connectivity index is 0.00000676. The van der Waals surface area contributed by atoms with Crippen LogP contribution in [0.5, 0.6) is 5.75 Å². The summed E-state index contributed by atoms with van der Waals surface area (Å²) >= 11 is 0. The number of nitrogens with one attached hydrogen (secondary N) is 3. The van der Waals surface area contributed by atoms with E-state index < -0.39 is 5.41 Å². The molecule has 0 aliphatic heterocycles. The van der Waals surface area contributed by atoms with Gasteiger partial charge in [-0.1, -0.05) is 19.1 Å². The second kappa shape index (κ2) is 12.8. The van der Waals surface area contributed by atoms with Crippen LogP contribution >= 0.6 is 24.0 Å². The number of hydrogen-bond acceptors (Lipinski definition) is 3. The monoisotopic (exact) mass is 490 g/mol. The van der Waals surface area contributed by atoms with Gasteiger partial charge in [-0.05, 0) is 45.7 Å². The average molecular weight is 490 g/mol. The van der Waals surface area contributed by atoms with Crippen molar-refractivity contribution in [2.75, 3.05) is 26.7 Å². The summed E-state index contributed by atoms with van der Waals surface area (Å²) < 4.78 is 5.85. The molecule has 0 saturated carbocycles. The van der Waals surface area contributed by atoms with E-state index in [1.807, 2.05) is 20.8 Å². The molecule has 1 aromatic rings. The number of carbonyl (C=O) groups is 1. The normalized spacial score (nSPS) is 11.4. The summed E-state index contributed by atoms with van der Waals surface area (Å²) in [6.07, 6.45) is 0.971. The van der Waals surface area contributed by atoms with Crippen molar-refractivity contribution >= 4 is 35.8 Å². The number of aliphatic imine (C=N–C) groups is 1. The fourth-order valence-electron chi connectivity index (χ4n) is 2.34. The molecule has 0 spiro atoms. The fourth-order valence-corrected chi connectivity index (χ4v) is 2.34. The predicted octanol–water partition coefficient (Wildman–Crippen LogP) is 3.23. The van der Waals surface area contributed by atoms with E-state index >= 15 is 0 Å². The maximum absolute atomic E-state index is 12.1. The molecule has 27 heavy (non-hydrogen) atoms. The van der Waals surface area contributed by atoms with Gasteiger partial charge in [-0.2, -0.15) is 0 Å². The second-order valence-electron chi connectivity index (χ2n) is 6.98. The van der Waals surface area contributed by atoms with Crippen LogP contribution in [0.15, 0.2) is 23.2 Å². The fraction of sp³-hybridized carbons (Fsp3) is 0.600. The summed E-state index contributed by atoms with van der Waals surface area (Å²) in [7, 11) is 1.72. The Labute approximate surface area is 181 Å². The SMILES string of the molecule is CCCOc1cc(C)ccc1CNC(=NC)NCC(C)(C)C(=O)NCC.I. The van der Waals surface area contributed by atoms with Gasteiger partial charge < -0.3 is 20.7 Å². The number of nitrogens with zero attached hydrogens (tertiary/aromatic N) is 1. The minimum Gasteiger partial charge on any atom is -0.493 e. The minimum atomic E-state index is -0.521. The molecule has 0 atom stereocenters. The summed E-state index contributed by atoms with van der Waals surface area (Å²) in [4.78, 5) is 16.3. The quantitative estimate of drug-likeness (QED) is 0.282. The Morgan fingerprint density at radius 2 is 1.89 bits per heavy atom. The molecular formula is C20H35IN4O2. The lowest BCUT2D eigenvalue weighted by Crippen LogP contribution is -2.47. The van der Waals surface area contributed by atoms with Gasteiger partial charge in [0.25, 0.3) is 0 Å². The van der Waals surface area contributed by atoms with Crippen LogP contribution in [0.1, 0.15) is 45.2 Å². The number of guanidine groups is 1. The molecule has 0 aromatic heterocycles. The standard InChI is InChI=1S/C20H34N4O2.HI/c1-7-11-26-17-12-15(3)9-10-16(17)13-23-19(21-6)24-14-20(4,5)18(25)22-8-2;/h9-10,12H,7-8,11,13-14H2,1-6H3,(H,22,25)(H2,21,23,24);1H. The van der Waals surface area contributed by atoms with Gasteiger partial charge in [-0.3, -0.25) is 9.79 Å². The van der Waals surface area contributed by atoms with Gasteiger partial charge in [0.1, 0.15) is 5.75 Å². The molecule has 154 valence electrons. The first kappa shape index (κ1) is 25.5. The van der Waals surface area contributed by atoms with E-state index in [0.717, 1.165) is 17.7 Å². The van der Waals surface area contributed by atoms with Crippen molar-refractivity contribution in [3.05, 3.63) is 29.3 Å². The van der Waals surface area contributed by atoms with Crippen LogP contribution in [-0.4, -0.2) is 38.6 Å². The molecule has 0 unspecified atom stereocenters. The molecule has 1 amide bonds. The molecule has 0 radical (unpaired) electrons. The number of aryl methyl sites for hydroxylation is 1. The number of hydrogen-bond donors (Lipinski definition) is 3. The molecule has 3 N–H and O–H groups in total. The van der Waals surface area contributed by atoms with Crippen LogP contribution in [0.4, 0.5) is 0 Å². The average Bonchev–Trinajstić information content (AvgIpc) is 2.61. The lowest BCUT2D eigenvalue weighted by molar-refractivity contribution is -0.128. The van der Waals surface area contributed by atoms with Crippen LogP contribution in [0.3, 0.4) is 0 Å². The molecule has 0 heterocycles. The third kappa shape index (κ3) is 8.81. The lowest BCUT2D eigenvalue weighted by Gasteiger charge is -2.25. The summed E-state index contributed by atoms with van der Waals surface area (Å²) in [5.41, 5.74) is 1.73. The molecule has 0 saturated heterocycles. The zero-order valence-electron chi connectivity index (χ0n) is 17.4. The van der Waals surface area contributed by atoms with Gasteiger partial charge >= 0.3 is 0 Å². The van der Waals surface area contributed by atoms with Crippen molar-refractivity contribution in [3.8, 4) is 5.75 Å². The highest BCUT2D eigenvalue weighted by molar-refractivity contribution is 14.0. The van der Waals surface area contributed by atoms with Crippen molar-refractivity contribution < 1.29 is 9.53 Å². The van der Waals surface area contributed by atoms with E-state index in [1.165, 1.54) is 5.56 Å². The molecule has 7 heteroatoms. The van der Waals surface area contributed by atoms with Gasteiger partial charge in [-0.15, -0.1) is 24.0 Å². The van der Waals surface area contributed by atoms with Gasteiger partial charge in [-0.25, -0.2) is 0 Å². The van der Waals surface area contributed by atoms with Crippen LogP contribution in [0.25, 0.3) is 0 Å². The first-order valence-corrected chi connectivity index (χ1v) is 9.29. The van der Waals surface area contributed by atoms with E-state index in [1.54, 1.807) is 7.05 Å². The second-order valence-corrected chi connectivity index (χ2v) is 6.98. The van der Waals surface area contributed by atoms with E-state index in [0.29, 0.717) is 32.2 Å². The van der Waals surface area contributed by atoms with Gasteiger partial charge in [0, 0.05) is 32.2 Å². The van der Waals surface area contributed by atoms with Gasteiger partial charge in [0.15, 0.2) is 5.96 Å². The van der Waals surface area contributed by atoms with Crippen LogP contribution < -0.4 is 20.7 Å². The molecule has 6 nitrogen and oxygen atoms in total. The summed E-state index contributed by atoms with van der Waals surface area (Å²) in [5.74, 6) is 1.58. The van der Waals surface area contributed by atoms with E-state index in [2.05, 4.69) is 53.0 Å². The summed E-state index contributed by atoms with van der Waals surface area (Å²) in [6, 6.07) is 6.20. The Kier molecular flexibility index (Phi) is 12.1. The molecule has 1 aromatic carbocycles. The van der Waals surface area contributed by atoms with Crippen molar-refractivity contribution in [3.63, 3.8) is 0 Å². The molecule has 0 bridgehead atoms. The molecule has 0 fully saturated rings. The minimum absolute atomic E-state index is 0. The third-order valence-electron chi connectivity index (χ3n) is 4.00. The summed E-state index contributed by atoms with van der Waals surface area (Å²) in [6.45, 7) is 12.3. The Morgan fingerprint density at radius 1 is 1.19 bits per heavy atom. The smallest absolute Gasteiger partial charge is 0.227 e. The molecule has 0 aliphatic carbocycles. The zero-order valence-corrected chi connectivity index (χ0v) is 19.8. The van der Waals surface area contributed by atoms with Crippen molar-refractivity contribution in [1.82, 2.24) is 16.0 Å². The molecular weight excluding hydrogens is 455 g/mol. The van der Waals surface area contributed by atoms with Gasteiger partial charge in [0.05, 0.1) is 12.0 Å². The number of rotatable bonds is 9. The topological polar surface area (TPSA) is 74.8 Å². The van der Waals surface area contributed by atoms with E-state index in [4.69, 9.17) is 4.74 Å². The predicted molar refractivity (Wildman–Crippen MR) is 123 cm³/mol. The van der Waals surface area contributed by atoms with Gasteiger partial charge in [0.2, 0.25) is 5.91 Å².